The number of para-hydroxylation sites is 1. The number of benzene rings is 3. The van der Waals surface area contributed by atoms with Crippen molar-refractivity contribution < 1.29 is 4.39 Å². The molecule has 0 aromatic heterocycles. The van der Waals surface area contributed by atoms with Gasteiger partial charge in [-0.05, 0) is 48.5 Å². The maximum absolute atomic E-state index is 13.3. The summed E-state index contributed by atoms with van der Waals surface area (Å²) in [4.78, 5) is 6.62. The highest BCUT2D eigenvalue weighted by atomic mass is 35.5. The Hall–Kier alpha value is -2.65. The summed E-state index contributed by atoms with van der Waals surface area (Å²) in [5.41, 5.74) is 4.53. The minimum absolute atomic E-state index is 0.260. The monoisotopic (exact) mass is 322 g/mol. The second-order valence-electron chi connectivity index (χ2n) is 5.26. The molecule has 2 nitrogen and oxygen atoms in total. The molecule has 23 heavy (non-hydrogen) atoms. The van der Waals surface area contributed by atoms with Crippen LogP contribution in [0.3, 0.4) is 0 Å². The molecule has 0 atom stereocenters. The van der Waals surface area contributed by atoms with E-state index in [1.54, 1.807) is 12.1 Å². The molecule has 0 saturated heterocycles. The molecular formula is C19H12ClFN2. The van der Waals surface area contributed by atoms with Crippen molar-refractivity contribution in [2.75, 3.05) is 4.90 Å². The number of rotatable bonds is 1. The molecule has 1 aliphatic heterocycles. The van der Waals surface area contributed by atoms with Crippen LogP contribution in [0, 0.1) is 5.82 Å². The number of fused-ring (bicyclic) bond motifs is 2. The summed E-state index contributed by atoms with van der Waals surface area (Å²) in [6, 6.07) is 20.0. The van der Waals surface area contributed by atoms with Crippen LogP contribution >= 0.6 is 11.6 Å². The summed E-state index contributed by atoms with van der Waals surface area (Å²) in [5.74, 6) is -0.260. The Morgan fingerprint density at radius 2 is 1.65 bits per heavy atom. The van der Waals surface area contributed by atoms with Crippen molar-refractivity contribution in [2.24, 2.45) is 4.99 Å². The predicted molar refractivity (Wildman–Crippen MR) is 93.3 cm³/mol. The Labute approximate surface area is 138 Å². The molecule has 1 heterocycles. The lowest BCUT2D eigenvalue weighted by atomic mass is 10.1. The molecule has 4 heteroatoms. The minimum atomic E-state index is -0.260. The fraction of sp³-hybridized carbons (Fsp3) is 0. The van der Waals surface area contributed by atoms with Gasteiger partial charge in [0.25, 0.3) is 0 Å². The van der Waals surface area contributed by atoms with E-state index in [2.05, 4.69) is 9.89 Å². The summed E-state index contributed by atoms with van der Waals surface area (Å²) >= 11 is 6.11. The van der Waals surface area contributed by atoms with Gasteiger partial charge in [-0.15, -0.1) is 0 Å². The fourth-order valence-corrected chi connectivity index (χ4v) is 2.89. The lowest BCUT2D eigenvalue weighted by Crippen LogP contribution is -2.11. The predicted octanol–water partition coefficient (Wildman–Crippen LogP) is 6.01. The summed E-state index contributed by atoms with van der Waals surface area (Å²) in [6.07, 6.45) is 1.83. The maximum Gasteiger partial charge on any atom is 0.123 e. The van der Waals surface area contributed by atoms with Gasteiger partial charge in [-0.1, -0.05) is 29.8 Å². The van der Waals surface area contributed by atoms with E-state index in [1.165, 1.54) is 12.1 Å². The van der Waals surface area contributed by atoms with Crippen molar-refractivity contribution in [1.29, 1.82) is 0 Å². The molecule has 1 aliphatic rings. The zero-order chi connectivity index (χ0) is 15.8. The van der Waals surface area contributed by atoms with E-state index in [0.29, 0.717) is 5.02 Å². The second kappa shape index (κ2) is 5.52. The first kappa shape index (κ1) is 14.0. The number of hydrogen-bond donors (Lipinski definition) is 0. The lowest BCUT2D eigenvalue weighted by Gasteiger charge is -2.26. The molecule has 0 amide bonds. The lowest BCUT2D eigenvalue weighted by molar-refractivity contribution is 0.628. The van der Waals surface area contributed by atoms with Crippen molar-refractivity contribution in [3.63, 3.8) is 0 Å². The summed E-state index contributed by atoms with van der Waals surface area (Å²) in [5, 5.41) is 0.630. The van der Waals surface area contributed by atoms with Gasteiger partial charge in [-0.3, -0.25) is 4.99 Å². The van der Waals surface area contributed by atoms with Crippen LogP contribution in [0.15, 0.2) is 71.7 Å². The number of hydrogen-bond acceptors (Lipinski definition) is 2. The van der Waals surface area contributed by atoms with E-state index < -0.39 is 0 Å². The molecule has 0 aliphatic carbocycles. The van der Waals surface area contributed by atoms with E-state index in [-0.39, 0.29) is 5.82 Å². The molecule has 0 fully saturated rings. The van der Waals surface area contributed by atoms with Crippen LogP contribution in [-0.4, -0.2) is 6.21 Å². The average Bonchev–Trinajstić information content (AvgIpc) is 2.72. The zero-order valence-corrected chi connectivity index (χ0v) is 12.8. The molecule has 4 rings (SSSR count). The van der Waals surface area contributed by atoms with E-state index in [4.69, 9.17) is 11.6 Å². The van der Waals surface area contributed by atoms with Crippen LogP contribution in [-0.2, 0) is 0 Å². The topological polar surface area (TPSA) is 15.6 Å². The van der Waals surface area contributed by atoms with Crippen molar-refractivity contribution in [3.05, 3.63) is 83.1 Å². The van der Waals surface area contributed by atoms with Crippen molar-refractivity contribution in [3.8, 4) is 0 Å². The zero-order valence-electron chi connectivity index (χ0n) is 12.1. The Balaban J connectivity index is 1.99. The van der Waals surface area contributed by atoms with Gasteiger partial charge in [-0.25, -0.2) is 4.39 Å². The Morgan fingerprint density at radius 1 is 0.870 bits per heavy atom. The highest BCUT2D eigenvalue weighted by Gasteiger charge is 2.20. The molecule has 0 bridgehead atoms. The van der Waals surface area contributed by atoms with Gasteiger partial charge in [0, 0.05) is 22.5 Å². The quantitative estimate of drug-likeness (QED) is 0.419. The molecule has 0 saturated carbocycles. The summed E-state index contributed by atoms with van der Waals surface area (Å²) < 4.78 is 13.3. The van der Waals surface area contributed by atoms with Gasteiger partial charge in [0.15, 0.2) is 0 Å². The van der Waals surface area contributed by atoms with E-state index >= 15 is 0 Å². The van der Waals surface area contributed by atoms with Crippen molar-refractivity contribution in [2.45, 2.75) is 0 Å². The van der Waals surface area contributed by atoms with Crippen LogP contribution in [0.25, 0.3) is 0 Å². The first-order chi connectivity index (χ1) is 11.2. The molecule has 112 valence electrons. The van der Waals surface area contributed by atoms with Crippen LogP contribution < -0.4 is 4.90 Å². The standard InChI is InChI=1S/C19H12ClFN2/c20-14-5-10-19-17(11-14)22-12-13-3-1-2-4-18(13)23(19)16-8-6-15(21)7-9-16/h1-12H. The third-order valence-electron chi connectivity index (χ3n) is 3.78. The largest absolute Gasteiger partial charge is 0.308 e. The molecule has 0 radical (unpaired) electrons. The molecule has 0 spiro atoms. The minimum Gasteiger partial charge on any atom is -0.308 e. The number of anilines is 3. The second-order valence-corrected chi connectivity index (χ2v) is 5.70. The van der Waals surface area contributed by atoms with Crippen LogP contribution in [0.1, 0.15) is 5.56 Å². The van der Waals surface area contributed by atoms with E-state index in [9.17, 15) is 4.39 Å². The van der Waals surface area contributed by atoms with Gasteiger partial charge in [0.05, 0.1) is 17.1 Å². The van der Waals surface area contributed by atoms with Gasteiger partial charge in [0.2, 0.25) is 0 Å². The maximum atomic E-state index is 13.3. The fourth-order valence-electron chi connectivity index (χ4n) is 2.73. The van der Waals surface area contributed by atoms with E-state index in [1.807, 2.05) is 48.7 Å². The van der Waals surface area contributed by atoms with Crippen molar-refractivity contribution in [1.82, 2.24) is 0 Å². The Bertz CT molecular complexity index is 903. The molecular weight excluding hydrogens is 311 g/mol. The van der Waals surface area contributed by atoms with Crippen molar-refractivity contribution >= 4 is 40.6 Å². The highest BCUT2D eigenvalue weighted by Crippen LogP contribution is 2.43. The molecule has 0 unspecified atom stereocenters. The van der Waals surface area contributed by atoms with Crippen LogP contribution in [0.2, 0.25) is 5.02 Å². The van der Waals surface area contributed by atoms with Gasteiger partial charge in [0.1, 0.15) is 5.82 Å². The van der Waals surface area contributed by atoms with Gasteiger partial charge < -0.3 is 4.90 Å². The van der Waals surface area contributed by atoms with Crippen LogP contribution in [0.4, 0.5) is 27.1 Å². The normalized spacial score (nSPS) is 12.5. The highest BCUT2D eigenvalue weighted by molar-refractivity contribution is 6.31. The number of nitrogens with zero attached hydrogens (tertiary/aromatic N) is 2. The third-order valence-corrected chi connectivity index (χ3v) is 4.02. The summed E-state index contributed by atoms with van der Waals surface area (Å²) in [7, 11) is 0. The molecule has 0 N–H and O–H groups in total. The SMILES string of the molecule is Fc1ccc(N2c3ccccc3C=Nc3cc(Cl)ccc32)cc1. The average molecular weight is 323 g/mol. The Morgan fingerprint density at radius 3 is 2.48 bits per heavy atom. The third kappa shape index (κ3) is 2.49. The first-order valence-electron chi connectivity index (χ1n) is 7.21. The van der Waals surface area contributed by atoms with Gasteiger partial charge in [-0.2, -0.15) is 0 Å². The molecule has 3 aromatic carbocycles. The smallest absolute Gasteiger partial charge is 0.123 e. The molecule has 3 aromatic rings. The number of halogens is 2. The first-order valence-corrected chi connectivity index (χ1v) is 7.58. The van der Waals surface area contributed by atoms with E-state index in [0.717, 1.165) is 28.3 Å². The van der Waals surface area contributed by atoms with Gasteiger partial charge >= 0.3 is 0 Å². The van der Waals surface area contributed by atoms with Crippen LogP contribution in [0.5, 0.6) is 0 Å². The Kier molecular flexibility index (Phi) is 3.36. The number of aliphatic imine (C=N–C) groups is 1. The summed E-state index contributed by atoms with van der Waals surface area (Å²) in [6.45, 7) is 0.